The van der Waals surface area contributed by atoms with Crippen LogP contribution in [0.1, 0.15) is 30.9 Å². The van der Waals surface area contributed by atoms with Crippen LogP contribution < -0.4 is 10.1 Å². The van der Waals surface area contributed by atoms with Gasteiger partial charge in [-0.2, -0.15) is 0 Å². The summed E-state index contributed by atoms with van der Waals surface area (Å²) >= 11 is 0. The van der Waals surface area contributed by atoms with Crippen molar-refractivity contribution in [3.8, 4) is 5.75 Å². The lowest BCUT2D eigenvalue weighted by atomic mass is 9.88. The van der Waals surface area contributed by atoms with Crippen LogP contribution >= 0.6 is 0 Å². The Morgan fingerprint density at radius 2 is 2.25 bits per heavy atom. The first kappa shape index (κ1) is 15.5. The van der Waals surface area contributed by atoms with Crippen LogP contribution in [0.2, 0.25) is 0 Å². The Morgan fingerprint density at radius 3 is 2.95 bits per heavy atom. The predicted molar refractivity (Wildman–Crippen MR) is 85.0 cm³/mol. The van der Waals surface area contributed by atoms with E-state index in [9.17, 15) is 4.21 Å². The van der Waals surface area contributed by atoms with Crippen molar-refractivity contribution in [2.24, 2.45) is 0 Å². The van der Waals surface area contributed by atoms with Crippen LogP contribution in [0.15, 0.2) is 18.2 Å². The van der Waals surface area contributed by atoms with Gasteiger partial charge in [0.25, 0.3) is 0 Å². The van der Waals surface area contributed by atoms with Gasteiger partial charge in [0, 0.05) is 28.3 Å². The van der Waals surface area contributed by atoms with E-state index in [0.29, 0.717) is 6.04 Å². The highest BCUT2D eigenvalue weighted by atomic mass is 32.2. The first-order chi connectivity index (χ1) is 9.60. The average Bonchev–Trinajstić information content (AvgIpc) is 2.46. The van der Waals surface area contributed by atoms with Crippen molar-refractivity contribution in [2.75, 3.05) is 19.9 Å². The first-order valence-electron chi connectivity index (χ1n) is 7.31. The molecule has 3 atom stereocenters. The summed E-state index contributed by atoms with van der Waals surface area (Å²) in [5, 5.41) is 3.89. The van der Waals surface area contributed by atoms with Crippen molar-refractivity contribution in [2.45, 2.75) is 43.9 Å². The second kappa shape index (κ2) is 7.23. The normalized spacial score (nSPS) is 21.1. The van der Waals surface area contributed by atoms with Gasteiger partial charge in [-0.3, -0.25) is 4.21 Å². The summed E-state index contributed by atoms with van der Waals surface area (Å²) in [6.07, 6.45) is 6.14. The molecule has 20 heavy (non-hydrogen) atoms. The van der Waals surface area contributed by atoms with E-state index in [1.165, 1.54) is 17.5 Å². The van der Waals surface area contributed by atoms with Crippen molar-refractivity contribution in [1.29, 1.82) is 0 Å². The number of methoxy groups -OCH3 is 1. The molecule has 4 heteroatoms. The lowest BCUT2D eigenvalue weighted by Crippen LogP contribution is -2.36. The average molecular weight is 295 g/mol. The summed E-state index contributed by atoms with van der Waals surface area (Å²) in [5.74, 6) is 0.944. The van der Waals surface area contributed by atoms with Gasteiger partial charge in [-0.1, -0.05) is 13.0 Å². The van der Waals surface area contributed by atoms with E-state index >= 15 is 0 Å². The molecule has 1 aliphatic carbocycles. The van der Waals surface area contributed by atoms with Crippen molar-refractivity contribution in [3.63, 3.8) is 0 Å². The van der Waals surface area contributed by atoms with Crippen LogP contribution in [0, 0.1) is 0 Å². The van der Waals surface area contributed by atoms with Crippen molar-refractivity contribution < 1.29 is 8.95 Å². The third-order valence-electron chi connectivity index (χ3n) is 4.19. The van der Waals surface area contributed by atoms with E-state index in [4.69, 9.17) is 4.74 Å². The molecule has 0 spiro atoms. The van der Waals surface area contributed by atoms with E-state index in [1.54, 1.807) is 13.4 Å². The van der Waals surface area contributed by atoms with E-state index in [1.807, 2.05) is 6.07 Å². The number of fused-ring (bicyclic) bond motifs is 1. The van der Waals surface area contributed by atoms with Crippen molar-refractivity contribution in [1.82, 2.24) is 5.32 Å². The zero-order valence-corrected chi connectivity index (χ0v) is 13.5. The maximum Gasteiger partial charge on any atom is 0.119 e. The molecule has 0 fully saturated rings. The number of hydrogen-bond acceptors (Lipinski definition) is 3. The maximum absolute atomic E-state index is 11.3. The molecular weight excluding hydrogens is 270 g/mol. The monoisotopic (exact) mass is 295 g/mol. The molecule has 112 valence electrons. The summed E-state index contributed by atoms with van der Waals surface area (Å²) in [6, 6.07) is 6.93. The van der Waals surface area contributed by atoms with Crippen LogP contribution in [0.4, 0.5) is 0 Å². The molecule has 0 heterocycles. The molecule has 3 nitrogen and oxygen atoms in total. The zero-order valence-electron chi connectivity index (χ0n) is 12.6. The number of ether oxygens (including phenoxy) is 1. The Kier molecular flexibility index (Phi) is 5.61. The van der Waals surface area contributed by atoms with Gasteiger partial charge < -0.3 is 10.1 Å². The topological polar surface area (TPSA) is 38.3 Å². The number of aryl methyl sites for hydroxylation is 1. The molecule has 0 amide bonds. The molecule has 1 N–H and O–H groups in total. The number of rotatable bonds is 6. The molecule has 0 saturated carbocycles. The lowest BCUT2D eigenvalue weighted by Gasteiger charge is -2.26. The fourth-order valence-electron chi connectivity index (χ4n) is 2.69. The van der Waals surface area contributed by atoms with Crippen LogP contribution in [0.25, 0.3) is 0 Å². The maximum atomic E-state index is 11.3. The molecule has 1 aliphatic rings. The Bertz CT molecular complexity index is 476. The smallest absolute Gasteiger partial charge is 0.119 e. The second-order valence-electron chi connectivity index (χ2n) is 5.63. The van der Waals surface area contributed by atoms with Crippen LogP contribution in [-0.4, -0.2) is 35.4 Å². The van der Waals surface area contributed by atoms with Crippen molar-refractivity contribution in [3.05, 3.63) is 29.3 Å². The minimum absolute atomic E-state index is 0.276. The first-order valence-corrected chi connectivity index (χ1v) is 8.93. The number of nitrogens with one attached hydrogen (secondary N) is 1. The van der Waals surface area contributed by atoms with Gasteiger partial charge in [-0.15, -0.1) is 0 Å². The SMILES string of the molecule is COc1ccc2c(c1)C[C@H](NCC[C@H](C)[S@](C)=O)CC2. The van der Waals surface area contributed by atoms with Gasteiger partial charge in [0.2, 0.25) is 0 Å². The van der Waals surface area contributed by atoms with E-state index in [2.05, 4.69) is 24.4 Å². The molecule has 0 aromatic heterocycles. The third kappa shape index (κ3) is 4.06. The van der Waals surface area contributed by atoms with Gasteiger partial charge in [0.15, 0.2) is 0 Å². The van der Waals surface area contributed by atoms with Gasteiger partial charge in [0.05, 0.1) is 7.11 Å². The standard InChI is InChI=1S/C16H25NO2S/c1-12(20(3)18)8-9-17-15-6-4-13-5-7-16(19-2)11-14(13)10-15/h5,7,11-12,15,17H,4,6,8-10H2,1-3H3/t12-,15+,20-/m0/s1. The van der Waals surface area contributed by atoms with Crippen LogP contribution in [0.3, 0.4) is 0 Å². The molecule has 0 unspecified atom stereocenters. The molecule has 1 aromatic rings. The Balaban J connectivity index is 1.86. The number of benzene rings is 1. The Hall–Kier alpha value is -0.870. The quantitative estimate of drug-likeness (QED) is 0.875. The Labute approximate surface area is 124 Å². The minimum Gasteiger partial charge on any atom is -0.497 e. The molecule has 2 rings (SSSR count). The van der Waals surface area contributed by atoms with Gasteiger partial charge in [-0.25, -0.2) is 0 Å². The highest BCUT2D eigenvalue weighted by molar-refractivity contribution is 7.84. The summed E-state index contributed by atoms with van der Waals surface area (Å²) < 4.78 is 16.6. The highest BCUT2D eigenvalue weighted by Crippen LogP contribution is 2.25. The van der Waals surface area contributed by atoms with Gasteiger partial charge >= 0.3 is 0 Å². The van der Waals surface area contributed by atoms with E-state index < -0.39 is 10.8 Å². The molecular formula is C16H25NO2S. The molecule has 0 radical (unpaired) electrons. The third-order valence-corrected chi connectivity index (χ3v) is 5.56. The van der Waals surface area contributed by atoms with Gasteiger partial charge in [0.1, 0.15) is 5.75 Å². The fourth-order valence-corrected chi connectivity index (χ4v) is 3.14. The molecule has 1 aromatic carbocycles. The molecule has 0 aliphatic heterocycles. The van der Waals surface area contributed by atoms with E-state index in [-0.39, 0.29) is 5.25 Å². The fraction of sp³-hybridized carbons (Fsp3) is 0.625. The summed E-state index contributed by atoms with van der Waals surface area (Å²) in [6.45, 7) is 3.00. The van der Waals surface area contributed by atoms with Crippen LogP contribution in [0.5, 0.6) is 5.75 Å². The summed E-state index contributed by atoms with van der Waals surface area (Å²) in [7, 11) is 1.00. The Morgan fingerprint density at radius 1 is 1.45 bits per heavy atom. The minimum atomic E-state index is -0.714. The van der Waals surface area contributed by atoms with Gasteiger partial charge in [-0.05, 0) is 55.5 Å². The van der Waals surface area contributed by atoms with Crippen LogP contribution in [-0.2, 0) is 23.6 Å². The lowest BCUT2D eigenvalue weighted by molar-refractivity contribution is 0.410. The number of hydrogen-bond donors (Lipinski definition) is 1. The molecule has 0 saturated heterocycles. The van der Waals surface area contributed by atoms with Crippen molar-refractivity contribution >= 4 is 10.8 Å². The zero-order chi connectivity index (χ0) is 14.5. The predicted octanol–water partition coefficient (Wildman–Crippen LogP) is 2.30. The highest BCUT2D eigenvalue weighted by Gasteiger charge is 2.19. The summed E-state index contributed by atoms with van der Waals surface area (Å²) in [4.78, 5) is 0. The van der Waals surface area contributed by atoms with E-state index in [0.717, 1.165) is 31.6 Å². The summed E-state index contributed by atoms with van der Waals surface area (Å²) in [5.41, 5.74) is 2.85. The second-order valence-corrected chi connectivity index (χ2v) is 7.43. The largest absolute Gasteiger partial charge is 0.497 e. The molecule has 0 bridgehead atoms.